The van der Waals surface area contributed by atoms with Crippen molar-refractivity contribution in [2.75, 3.05) is 18.4 Å². The van der Waals surface area contributed by atoms with Crippen LogP contribution in [0.4, 0.5) is 5.69 Å². The van der Waals surface area contributed by atoms with Gasteiger partial charge in [0.2, 0.25) is 0 Å². The maximum absolute atomic E-state index is 14.3. The van der Waals surface area contributed by atoms with E-state index >= 15 is 0 Å². The van der Waals surface area contributed by atoms with Crippen molar-refractivity contribution >= 4 is 40.7 Å². The molecule has 1 fully saturated rings. The summed E-state index contributed by atoms with van der Waals surface area (Å²) in [5.74, 6) is 1.43. The topological polar surface area (TPSA) is 32.3 Å². The number of benzene rings is 2. The number of carbonyl (C=O) groups is 1. The molecule has 1 saturated heterocycles. The zero-order valence-corrected chi connectivity index (χ0v) is 26.9. The molecule has 0 saturated carbocycles. The molecule has 3 nitrogen and oxygen atoms in total. The summed E-state index contributed by atoms with van der Waals surface area (Å²) in [5, 5.41) is 4.83. The third kappa shape index (κ3) is 8.15. The fourth-order valence-electron chi connectivity index (χ4n) is 6.01. The maximum atomic E-state index is 14.3. The summed E-state index contributed by atoms with van der Waals surface area (Å²) in [6, 6.07) is 14.2. The molecule has 2 atom stereocenters. The molecule has 41 heavy (non-hydrogen) atoms. The highest BCUT2D eigenvalue weighted by Crippen LogP contribution is 2.38. The second-order valence-electron chi connectivity index (χ2n) is 12.1. The number of rotatable bonds is 9. The Kier molecular flexibility index (Phi) is 11.3. The normalized spacial score (nSPS) is 20.8. The second-order valence-corrected chi connectivity index (χ2v) is 12.9. The minimum atomic E-state index is -0.149. The quantitative estimate of drug-likeness (QED) is 0.294. The van der Waals surface area contributed by atoms with Gasteiger partial charge < -0.3 is 5.32 Å². The molecule has 0 amide bonds. The third-order valence-electron chi connectivity index (χ3n) is 8.61. The van der Waals surface area contributed by atoms with E-state index in [0.717, 1.165) is 85.6 Å². The molecule has 220 valence electrons. The van der Waals surface area contributed by atoms with E-state index in [2.05, 4.69) is 81.3 Å². The molecular weight excluding hydrogens is 547 g/mol. The zero-order chi connectivity index (χ0) is 29.5. The molecule has 4 rings (SSSR count). The number of allylic oxidation sites excluding steroid dienone is 3. The highest BCUT2D eigenvalue weighted by atomic mass is 35.5. The van der Waals surface area contributed by atoms with Gasteiger partial charge in [-0.25, -0.2) is 0 Å². The summed E-state index contributed by atoms with van der Waals surface area (Å²) in [5.41, 5.74) is 7.42. The van der Waals surface area contributed by atoms with Crippen LogP contribution < -0.4 is 5.32 Å². The Morgan fingerprint density at radius 3 is 2.46 bits per heavy atom. The summed E-state index contributed by atoms with van der Waals surface area (Å²) < 4.78 is 0. The largest absolute Gasteiger partial charge is 0.354 e. The first kappa shape index (κ1) is 31.6. The Morgan fingerprint density at radius 2 is 1.78 bits per heavy atom. The SMILES string of the molecule is CC/C=C(\C(=O)C(C)N1CCCC(C)CC1)C1=C(Nc2ccc(Cl)cc2Cl)/C(=C/c2ccc(C(C)C)cc2)CCC1. The molecule has 2 aromatic carbocycles. The summed E-state index contributed by atoms with van der Waals surface area (Å²) in [6.45, 7) is 12.9. The minimum absolute atomic E-state index is 0.149. The lowest BCUT2D eigenvalue weighted by Crippen LogP contribution is -2.41. The van der Waals surface area contributed by atoms with Crippen molar-refractivity contribution in [2.24, 2.45) is 5.92 Å². The van der Waals surface area contributed by atoms with Gasteiger partial charge in [-0.2, -0.15) is 0 Å². The van der Waals surface area contributed by atoms with E-state index in [1.807, 2.05) is 12.1 Å². The van der Waals surface area contributed by atoms with Crippen LogP contribution in [0.2, 0.25) is 10.0 Å². The molecule has 5 heteroatoms. The molecule has 1 heterocycles. The van der Waals surface area contributed by atoms with Crippen LogP contribution in [0.1, 0.15) is 96.6 Å². The number of ketones is 1. The van der Waals surface area contributed by atoms with E-state index in [9.17, 15) is 4.79 Å². The van der Waals surface area contributed by atoms with Crippen molar-refractivity contribution in [3.8, 4) is 0 Å². The van der Waals surface area contributed by atoms with Crippen LogP contribution in [0.5, 0.6) is 0 Å². The van der Waals surface area contributed by atoms with Gasteiger partial charge in [0.15, 0.2) is 5.78 Å². The van der Waals surface area contributed by atoms with Crippen LogP contribution in [0.25, 0.3) is 6.08 Å². The van der Waals surface area contributed by atoms with Crippen LogP contribution >= 0.6 is 23.2 Å². The molecular formula is C36H46Cl2N2O. The molecule has 2 aromatic rings. The van der Waals surface area contributed by atoms with Gasteiger partial charge in [-0.3, -0.25) is 9.69 Å². The number of hydrogen-bond donors (Lipinski definition) is 1. The average molecular weight is 594 g/mol. The van der Waals surface area contributed by atoms with Gasteiger partial charge in [-0.05, 0) is 123 Å². The predicted octanol–water partition coefficient (Wildman–Crippen LogP) is 10.5. The van der Waals surface area contributed by atoms with Crippen LogP contribution in [0.15, 0.2) is 71.0 Å². The number of halogens is 2. The molecule has 0 radical (unpaired) electrons. The third-order valence-corrected chi connectivity index (χ3v) is 9.16. The first-order valence-electron chi connectivity index (χ1n) is 15.4. The van der Waals surface area contributed by atoms with Crippen LogP contribution in [-0.4, -0.2) is 29.8 Å². The summed E-state index contributed by atoms with van der Waals surface area (Å²) >= 11 is 12.9. The summed E-state index contributed by atoms with van der Waals surface area (Å²) in [4.78, 5) is 16.7. The molecule has 2 unspecified atom stereocenters. The molecule has 1 aliphatic heterocycles. The molecule has 0 bridgehead atoms. The standard InChI is InChI=1S/C36H46Cl2N2O/c1-6-9-32(36(41)26(5)40-20-8-10-25(4)19-21-40)31-12-7-11-29(22-27-13-15-28(16-14-27)24(2)3)35(31)39-34-18-17-30(37)23-33(34)38/h9,13-18,22-26,39H,6-8,10-12,19-21H2,1-5H3/b29-22+,32-9-. The molecule has 0 aromatic heterocycles. The number of hydrogen-bond acceptors (Lipinski definition) is 3. The lowest BCUT2D eigenvalue weighted by Gasteiger charge is -2.31. The number of carbonyl (C=O) groups excluding carboxylic acids is 1. The van der Waals surface area contributed by atoms with Crippen molar-refractivity contribution in [1.29, 1.82) is 0 Å². The van der Waals surface area contributed by atoms with Crippen LogP contribution in [-0.2, 0) is 4.79 Å². The van der Waals surface area contributed by atoms with E-state index in [0.29, 0.717) is 16.0 Å². The lowest BCUT2D eigenvalue weighted by atomic mass is 9.83. The minimum Gasteiger partial charge on any atom is -0.354 e. The van der Waals surface area contributed by atoms with Gasteiger partial charge >= 0.3 is 0 Å². The number of anilines is 1. The van der Waals surface area contributed by atoms with Crippen molar-refractivity contribution < 1.29 is 4.79 Å². The lowest BCUT2D eigenvalue weighted by molar-refractivity contribution is -0.119. The maximum Gasteiger partial charge on any atom is 0.179 e. The van der Waals surface area contributed by atoms with E-state index in [1.165, 1.54) is 17.6 Å². The van der Waals surface area contributed by atoms with Gasteiger partial charge in [-0.1, -0.05) is 81.2 Å². The Balaban J connectivity index is 1.77. The van der Waals surface area contributed by atoms with Crippen LogP contribution in [0, 0.1) is 5.92 Å². The highest BCUT2D eigenvalue weighted by molar-refractivity contribution is 6.36. The monoisotopic (exact) mass is 592 g/mol. The van der Waals surface area contributed by atoms with Gasteiger partial charge in [0, 0.05) is 16.3 Å². The van der Waals surface area contributed by atoms with Gasteiger partial charge in [0.05, 0.1) is 16.8 Å². The first-order valence-corrected chi connectivity index (χ1v) is 16.2. The van der Waals surface area contributed by atoms with Crippen molar-refractivity contribution in [3.05, 3.63) is 92.1 Å². The Morgan fingerprint density at radius 1 is 1.02 bits per heavy atom. The number of nitrogens with zero attached hydrogens (tertiary/aromatic N) is 1. The van der Waals surface area contributed by atoms with E-state index in [-0.39, 0.29) is 11.8 Å². The predicted molar refractivity (Wildman–Crippen MR) is 177 cm³/mol. The molecule has 1 N–H and O–H groups in total. The summed E-state index contributed by atoms with van der Waals surface area (Å²) in [7, 11) is 0. The second kappa shape index (κ2) is 14.7. The van der Waals surface area contributed by atoms with E-state index < -0.39 is 0 Å². The zero-order valence-electron chi connectivity index (χ0n) is 25.4. The average Bonchev–Trinajstić information content (AvgIpc) is 3.18. The Labute approximate surface area is 257 Å². The van der Waals surface area contributed by atoms with Gasteiger partial charge in [-0.15, -0.1) is 0 Å². The van der Waals surface area contributed by atoms with Crippen molar-refractivity contribution in [3.63, 3.8) is 0 Å². The van der Waals surface area contributed by atoms with Crippen LogP contribution in [0.3, 0.4) is 0 Å². The van der Waals surface area contributed by atoms with Gasteiger partial charge in [0.1, 0.15) is 0 Å². The number of Topliss-reactive ketones (excluding diaryl/α,β-unsaturated/α-hetero) is 1. The number of nitrogens with one attached hydrogen (secondary N) is 1. The van der Waals surface area contributed by atoms with E-state index in [1.54, 1.807) is 6.07 Å². The Bertz CT molecular complexity index is 1310. The summed E-state index contributed by atoms with van der Waals surface area (Å²) in [6.07, 6.45) is 11.5. The first-order chi connectivity index (χ1) is 19.7. The fourth-order valence-corrected chi connectivity index (χ4v) is 6.47. The van der Waals surface area contributed by atoms with Gasteiger partial charge in [0.25, 0.3) is 0 Å². The number of likely N-dealkylation sites (tertiary alicyclic amines) is 1. The molecule has 1 aliphatic carbocycles. The molecule has 0 spiro atoms. The van der Waals surface area contributed by atoms with Crippen molar-refractivity contribution in [2.45, 2.75) is 91.5 Å². The van der Waals surface area contributed by atoms with Crippen molar-refractivity contribution in [1.82, 2.24) is 4.90 Å². The fraction of sp³-hybridized carbons (Fsp3) is 0.472. The Hall–Kier alpha value is -2.33. The highest BCUT2D eigenvalue weighted by Gasteiger charge is 2.30. The van der Waals surface area contributed by atoms with E-state index in [4.69, 9.17) is 23.2 Å². The smallest absolute Gasteiger partial charge is 0.179 e. The molecule has 2 aliphatic rings.